The average molecular weight is 309 g/mol. The Morgan fingerprint density at radius 2 is 2.14 bits per heavy atom. The smallest absolute Gasteiger partial charge is 0.281 e. The molecule has 0 amide bonds. The molecule has 0 saturated carbocycles. The Hall–Kier alpha value is -1.05. The molecule has 1 rings (SSSR count). The maximum atomic E-state index is 13.0. The SMILES string of the molecule is CC(=O)c1c([N+](=O)[O-])ccc(F)c1I. The average Bonchev–Trinajstić information content (AvgIpc) is 2.08. The van der Waals surface area contributed by atoms with Gasteiger partial charge in [0.2, 0.25) is 0 Å². The summed E-state index contributed by atoms with van der Waals surface area (Å²) in [6.07, 6.45) is 0. The van der Waals surface area contributed by atoms with Crippen molar-refractivity contribution in [3.8, 4) is 0 Å². The van der Waals surface area contributed by atoms with Crippen molar-refractivity contribution in [2.75, 3.05) is 0 Å². The minimum absolute atomic E-state index is 0.00991. The second-order valence-corrected chi connectivity index (χ2v) is 3.65. The van der Waals surface area contributed by atoms with Crippen LogP contribution in [0.1, 0.15) is 17.3 Å². The molecule has 0 aliphatic rings. The topological polar surface area (TPSA) is 60.2 Å². The Morgan fingerprint density at radius 1 is 1.57 bits per heavy atom. The lowest BCUT2D eigenvalue weighted by molar-refractivity contribution is -0.385. The van der Waals surface area contributed by atoms with Crippen LogP contribution in [0.15, 0.2) is 12.1 Å². The van der Waals surface area contributed by atoms with Crippen LogP contribution in [0.3, 0.4) is 0 Å². The predicted octanol–water partition coefficient (Wildman–Crippen LogP) is 2.54. The van der Waals surface area contributed by atoms with E-state index in [1.807, 2.05) is 0 Å². The van der Waals surface area contributed by atoms with Crippen molar-refractivity contribution in [2.24, 2.45) is 0 Å². The molecule has 74 valence electrons. The fourth-order valence-corrected chi connectivity index (χ4v) is 1.86. The first-order chi connectivity index (χ1) is 6.45. The second-order valence-electron chi connectivity index (χ2n) is 2.57. The number of hydrogen-bond donors (Lipinski definition) is 0. The van der Waals surface area contributed by atoms with E-state index in [2.05, 4.69) is 0 Å². The lowest BCUT2D eigenvalue weighted by Gasteiger charge is -2.02. The van der Waals surface area contributed by atoms with Crippen LogP contribution in [0.2, 0.25) is 0 Å². The van der Waals surface area contributed by atoms with E-state index in [9.17, 15) is 19.3 Å². The summed E-state index contributed by atoms with van der Waals surface area (Å²) in [6.45, 7) is 1.17. The Morgan fingerprint density at radius 3 is 2.57 bits per heavy atom. The highest BCUT2D eigenvalue weighted by molar-refractivity contribution is 14.1. The number of benzene rings is 1. The normalized spacial score (nSPS) is 9.93. The van der Waals surface area contributed by atoms with Gasteiger partial charge in [0, 0.05) is 6.07 Å². The number of halogens is 2. The molecule has 0 radical (unpaired) electrons. The number of hydrogen-bond acceptors (Lipinski definition) is 3. The van der Waals surface area contributed by atoms with Crippen molar-refractivity contribution in [3.05, 3.63) is 37.2 Å². The number of nitrogens with zero attached hydrogens (tertiary/aromatic N) is 1. The molecule has 0 atom stereocenters. The van der Waals surface area contributed by atoms with Gasteiger partial charge >= 0.3 is 0 Å². The summed E-state index contributed by atoms with van der Waals surface area (Å²) >= 11 is 1.58. The molecule has 0 saturated heterocycles. The molecule has 6 heteroatoms. The van der Waals surface area contributed by atoms with Crippen LogP contribution in [-0.2, 0) is 0 Å². The minimum Gasteiger partial charge on any atom is -0.294 e. The van der Waals surface area contributed by atoms with E-state index >= 15 is 0 Å². The van der Waals surface area contributed by atoms with Gasteiger partial charge in [0.25, 0.3) is 5.69 Å². The maximum Gasteiger partial charge on any atom is 0.281 e. The van der Waals surface area contributed by atoms with Gasteiger partial charge in [0.05, 0.1) is 8.49 Å². The van der Waals surface area contributed by atoms with Crippen molar-refractivity contribution in [3.63, 3.8) is 0 Å². The molecule has 0 bridgehead atoms. The molecule has 0 aliphatic heterocycles. The molecule has 0 fully saturated rings. The highest BCUT2D eigenvalue weighted by atomic mass is 127. The monoisotopic (exact) mass is 309 g/mol. The highest BCUT2D eigenvalue weighted by Crippen LogP contribution is 2.26. The zero-order valence-corrected chi connectivity index (χ0v) is 9.24. The first-order valence-electron chi connectivity index (χ1n) is 3.58. The van der Waals surface area contributed by atoms with E-state index in [-0.39, 0.29) is 14.8 Å². The van der Waals surface area contributed by atoms with Gasteiger partial charge in [-0.15, -0.1) is 0 Å². The zero-order chi connectivity index (χ0) is 10.9. The molecule has 0 aromatic heterocycles. The van der Waals surface area contributed by atoms with Gasteiger partial charge in [0.15, 0.2) is 5.78 Å². The van der Waals surface area contributed by atoms with Crippen LogP contribution in [0.4, 0.5) is 10.1 Å². The molecule has 0 aliphatic carbocycles. The Labute approximate surface area is 92.4 Å². The van der Waals surface area contributed by atoms with E-state index in [1.165, 1.54) is 6.92 Å². The van der Waals surface area contributed by atoms with E-state index < -0.39 is 16.5 Å². The molecule has 1 aromatic carbocycles. The van der Waals surface area contributed by atoms with Crippen LogP contribution in [0.25, 0.3) is 0 Å². The third-order valence-corrected chi connectivity index (χ3v) is 2.68. The minimum atomic E-state index is -0.696. The molecule has 4 nitrogen and oxygen atoms in total. The number of nitro groups is 1. The van der Waals surface area contributed by atoms with Crippen LogP contribution >= 0.6 is 22.6 Å². The van der Waals surface area contributed by atoms with Crippen molar-refractivity contribution >= 4 is 34.1 Å². The summed E-state index contributed by atoms with van der Waals surface area (Å²) in [7, 11) is 0. The van der Waals surface area contributed by atoms with Crippen molar-refractivity contribution in [2.45, 2.75) is 6.92 Å². The highest BCUT2D eigenvalue weighted by Gasteiger charge is 2.22. The van der Waals surface area contributed by atoms with Gasteiger partial charge < -0.3 is 0 Å². The third kappa shape index (κ3) is 1.89. The number of rotatable bonds is 2. The van der Waals surface area contributed by atoms with E-state index in [1.54, 1.807) is 22.6 Å². The molecule has 0 heterocycles. The maximum absolute atomic E-state index is 13.0. The largest absolute Gasteiger partial charge is 0.294 e. The molecule has 0 N–H and O–H groups in total. The molecule has 0 spiro atoms. The lowest BCUT2D eigenvalue weighted by atomic mass is 10.1. The van der Waals surface area contributed by atoms with Gasteiger partial charge in [0.1, 0.15) is 11.4 Å². The van der Waals surface area contributed by atoms with Gasteiger partial charge in [-0.05, 0) is 35.6 Å². The van der Waals surface area contributed by atoms with Crippen LogP contribution in [-0.4, -0.2) is 10.7 Å². The fourth-order valence-electron chi connectivity index (χ4n) is 1.03. The van der Waals surface area contributed by atoms with Gasteiger partial charge in [-0.2, -0.15) is 0 Å². The van der Waals surface area contributed by atoms with E-state index in [0.29, 0.717) is 0 Å². The Balaban J connectivity index is 3.53. The molecule has 0 unspecified atom stereocenters. The van der Waals surface area contributed by atoms with Crippen LogP contribution in [0, 0.1) is 19.5 Å². The third-order valence-electron chi connectivity index (χ3n) is 1.62. The number of nitro benzene ring substituents is 1. The fraction of sp³-hybridized carbons (Fsp3) is 0.125. The van der Waals surface area contributed by atoms with Crippen molar-refractivity contribution in [1.82, 2.24) is 0 Å². The first-order valence-corrected chi connectivity index (χ1v) is 4.66. The second kappa shape index (κ2) is 3.99. The summed E-state index contributed by atoms with van der Waals surface area (Å²) < 4.78 is 13.0. The Bertz CT molecular complexity index is 419. The summed E-state index contributed by atoms with van der Waals surface area (Å²) in [5.74, 6) is -1.14. The van der Waals surface area contributed by atoms with Crippen molar-refractivity contribution < 1.29 is 14.1 Å². The number of ketones is 1. The van der Waals surface area contributed by atoms with Gasteiger partial charge in [-0.1, -0.05) is 0 Å². The first kappa shape index (κ1) is 11.0. The van der Waals surface area contributed by atoms with Crippen LogP contribution in [0.5, 0.6) is 0 Å². The number of Topliss-reactive ketones (excluding diaryl/α,β-unsaturated/α-hetero) is 1. The van der Waals surface area contributed by atoms with Crippen LogP contribution < -0.4 is 0 Å². The van der Waals surface area contributed by atoms with Gasteiger partial charge in [-0.3, -0.25) is 14.9 Å². The summed E-state index contributed by atoms with van der Waals surface area (Å²) in [5.41, 5.74) is -0.529. The Kier molecular flexibility index (Phi) is 3.14. The molecular weight excluding hydrogens is 304 g/mol. The zero-order valence-electron chi connectivity index (χ0n) is 7.08. The lowest BCUT2D eigenvalue weighted by Crippen LogP contribution is -2.04. The number of carbonyl (C=O) groups excluding carboxylic acids is 1. The predicted molar refractivity (Wildman–Crippen MR) is 55.8 cm³/mol. The van der Waals surface area contributed by atoms with E-state index in [0.717, 1.165) is 12.1 Å². The van der Waals surface area contributed by atoms with E-state index in [4.69, 9.17) is 0 Å². The molecular formula is C8H5FINO3. The number of carbonyl (C=O) groups is 1. The summed E-state index contributed by atoms with van der Waals surface area (Å²) in [5, 5.41) is 10.5. The molecule has 14 heavy (non-hydrogen) atoms. The van der Waals surface area contributed by atoms with Gasteiger partial charge in [-0.25, -0.2) is 4.39 Å². The van der Waals surface area contributed by atoms with Crippen molar-refractivity contribution in [1.29, 1.82) is 0 Å². The quantitative estimate of drug-likeness (QED) is 0.365. The molecule has 1 aromatic rings. The standard InChI is InChI=1S/C8H5FINO3/c1-4(12)7-6(11(13)14)3-2-5(9)8(7)10/h2-3H,1H3. The summed E-state index contributed by atoms with van der Waals surface area (Å²) in [6, 6.07) is 1.97. The summed E-state index contributed by atoms with van der Waals surface area (Å²) in [4.78, 5) is 20.9.